The minimum absolute atomic E-state index is 0.288. The molecule has 0 aliphatic carbocycles. The van der Waals surface area contributed by atoms with Crippen LogP contribution in [0.5, 0.6) is 11.5 Å². The quantitative estimate of drug-likeness (QED) is 0.545. The molecule has 0 radical (unpaired) electrons. The van der Waals surface area contributed by atoms with Gasteiger partial charge in [-0.25, -0.2) is 4.79 Å². The van der Waals surface area contributed by atoms with Crippen LogP contribution in [-0.4, -0.2) is 5.97 Å². The average molecular weight is 356 g/mol. The van der Waals surface area contributed by atoms with Crippen LogP contribution in [-0.2, 0) is 16.8 Å². The number of ether oxygens (including phenoxy) is 2. The minimum Gasteiger partial charge on any atom is -0.456 e. The van der Waals surface area contributed by atoms with Crippen molar-refractivity contribution >= 4 is 5.97 Å². The van der Waals surface area contributed by atoms with Crippen LogP contribution in [0.4, 0.5) is 0 Å². The van der Waals surface area contributed by atoms with E-state index in [0.717, 1.165) is 45.7 Å². The molecule has 3 aromatic carbocycles. The summed E-state index contributed by atoms with van der Waals surface area (Å²) in [4.78, 5) is 12.8. The van der Waals surface area contributed by atoms with Gasteiger partial charge in [-0.2, -0.15) is 0 Å². The molecule has 2 aliphatic heterocycles. The predicted molar refractivity (Wildman–Crippen MR) is 104 cm³/mol. The second kappa shape index (κ2) is 5.46. The number of carbonyl (C=O) groups excluding carboxylic acids is 1. The standard InChI is InChI=1S/C24H20O3/c1-4-16-9-10-19-20(13-16)26-21-12-14(2)11-15(3)22(21)24(19)18-8-6-5-7-17(18)23(25)27-24/h5-13H,4H2,1-3H3. The number of rotatable bonds is 1. The van der Waals surface area contributed by atoms with Crippen molar-refractivity contribution in [3.05, 3.63) is 93.5 Å². The van der Waals surface area contributed by atoms with E-state index in [9.17, 15) is 4.79 Å². The fraction of sp³-hybridized carbons (Fsp3) is 0.208. The molecule has 1 spiro atoms. The monoisotopic (exact) mass is 356 g/mol. The maximum Gasteiger partial charge on any atom is 0.340 e. The Bertz CT molecular complexity index is 1110. The molecule has 134 valence electrons. The lowest BCUT2D eigenvalue weighted by atomic mass is 9.75. The van der Waals surface area contributed by atoms with E-state index in [4.69, 9.17) is 9.47 Å². The zero-order valence-electron chi connectivity index (χ0n) is 15.6. The Morgan fingerprint density at radius 3 is 2.56 bits per heavy atom. The van der Waals surface area contributed by atoms with Gasteiger partial charge in [0.15, 0.2) is 5.60 Å². The summed E-state index contributed by atoms with van der Waals surface area (Å²) >= 11 is 0. The predicted octanol–water partition coefficient (Wildman–Crippen LogP) is 5.43. The SMILES string of the molecule is CCc1ccc2c(c1)Oc1cc(C)cc(C)c1C21OC(=O)c2ccccc21. The molecular weight excluding hydrogens is 336 g/mol. The van der Waals surface area contributed by atoms with E-state index in [2.05, 4.69) is 39.0 Å². The van der Waals surface area contributed by atoms with Crippen LogP contribution in [0.15, 0.2) is 54.6 Å². The summed E-state index contributed by atoms with van der Waals surface area (Å²) in [5.41, 5.74) is 5.72. The van der Waals surface area contributed by atoms with Gasteiger partial charge >= 0.3 is 5.97 Å². The van der Waals surface area contributed by atoms with E-state index in [1.54, 1.807) is 0 Å². The highest BCUT2D eigenvalue weighted by Crippen LogP contribution is 2.57. The summed E-state index contributed by atoms with van der Waals surface area (Å²) in [7, 11) is 0. The second-order valence-corrected chi connectivity index (χ2v) is 7.36. The zero-order valence-corrected chi connectivity index (χ0v) is 15.6. The van der Waals surface area contributed by atoms with Crippen LogP contribution >= 0.6 is 0 Å². The van der Waals surface area contributed by atoms with Gasteiger partial charge in [-0.1, -0.05) is 43.3 Å². The molecule has 2 heterocycles. The lowest BCUT2D eigenvalue weighted by Crippen LogP contribution is -2.34. The summed E-state index contributed by atoms with van der Waals surface area (Å²) < 4.78 is 12.5. The molecule has 0 saturated heterocycles. The van der Waals surface area contributed by atoms with Gasteiger partial charge in [-0.15, -0.1) is 0 Å². The first-order valence-corrected chi connectivity index (χ1v) is 9.30. The first-order chi connectivity index (χ1) is 13.0. The Labute approximate surface area is 158 Å². The van der Waals surface area contributed by atoms with Crippen molar-refractivity contribution in [3.8, 4) is 11.5 Å². The Kier molecular flexibility index (Phi) is 3.26. The molecule has 0 saturated carbocycles. The van der Waals surface area contributed by atoms with Gasteiger partial charge in [0.25, 0.3) is 0 Å². The Balaban J connectivity index is 1.91. The highest BCUT2D eigenvalue weighted by atomic mass is 16.6. The molecule has 0 amide bonds. The van der Waals surface area contributed by atoms with Crippen LogP contribution < -0.4 is 4.74 Å². The smallest absolute Gasteiger partial charge is 0.340 e. The topological polar surface area (TPSA) is 35.5 Å². The van der Waals surface area contributed by atoms with Crippen molar-refractivity contribution in [1.82, 2.24) is 0 Å². The number of aryl methyl sites for hydroxylation is 3. The van der Waals surface area contributed by atoms with Gasteiger partial charge in [0.05, 0.1) is 11.1 Å². The molecule has 3 nitrogen and oxygen atoms in total. The average Bonchev–Trinajstić information content (AvgIpc) is 2.94. The molecule has 2 aliphatic rings. The van der Waals surface area contributed by atoms with Crippen LogP contribution in [0.2, 0.25) is 0 Å². The van der Waals surface area contributed by atoms with Crippen molar-refractivity contribution in [3.63, 3.8) is 0 Å². The molecule has 1 unspecified atom stereocenters. The maximum atomic E-state index is 12.8. The molecule has 3 heteroatoms. The van der Waals surface area contributed by atoms with Crippen molar-refractivity contribution in [2.75, 3.05) is 0 Å². The van der Waals surface area contributed by atoms with Gasteiger partial charge in [0.2, 0.25) is 0 Å². The molecule has 5 rings (SSSR count). The number of hydrogen-bond donors (Lipinski definition) is 0. The van der Waals surface area contributed by atoms with Gasteiger partial charge in [0.1, 0.15) is 11.5 Å². The molecule has 3 aromatic rings. The molecule has 1 atom stereocenters. The zero-order chi connectivity index (χ0) is 18.8. The third-order valence-electron chi connectivity index (χ3n) is 5.62. The van der Waals surface area contributed by atoms with E-state index >= 15 is 0 Å². The first kappa shape index (κ1) is 16.1. The third-order valence-corrected chi connectivity index (χ3v) is 5.62. The van der Waals surface area contributed by atoms with Crippen LogP contribution in [0.3, 0.4) is 0 Å². The maximum absolute atomic E-state index is 12.8. The summed E-state index contributed by atoms with van der Waals surface area (Å²) in [6.07, 6.45) is 0.916. The number of carbonyl (C=O) groups is 1. The molecule has 27 heavy (non-hydrogen) atoms. The number of benzene rings is 3. The van der Waals surface area contributed by atoms with Crippen LogP contribution in [0.25, 0.3) is 0 Å². The lowest BCUT2D eigenvalue weighted by Gasteiger charge is -2.38. The molecular formula is C24H20O3. The van der Waals surface area contributed by atoms with Gasteiger partial charge in [-0.3, -0.25) is 0 Å². The van der Waals surface area contributed by atoms with E-state index in [0.29, 0.717) is 5.56 Å². The van der Waals surface area contributed by atoms with Crippen molar-refractivity contribution in [2.24, 2.45) is 0 Å². The molecule has 0 aromatic heterocycles. The third kappa shape index (κ3) is 2.05. The number of hydrogen-bond acceptors (Lipinski definition) is 3. The summed E-state index contributed by atoms with van der Waals surface area (Å²) in [6, 6.07) is 18.0. The number of esters is 1. The van der Waals surface area contributed by atoms with Gasteiger partial charge in [0, 0.05) is 11.1 Å². The summed E-state index contributed by atoms with van der Waals surface area (Å²) in [5.74, 6) is 1.23. The van der Waals surface area contributed by atoms with Gasteiger partial charge < -0.3 is 9.47 Å². The Morgan fingerprint density at radius 2 is 1.74 bits per heavy atom. The fourth-order valence-electron chi connectivity index (χ4n) is 4.48. The van der Waals surface area contributed by atoms with Crippen LogP contribution in [0, 0.1) is 13.8 Å². The minimum atomic E-state index is -0.958. The van der Waals surface area contributed by atoms with Crippen molar-refractivity contribution in [1.29, 1.82) is 0 Å². The molecule has 0 N–H and O–H groups in total. The van der Waals surface area contributed by atoms with E-state index < -0.39 is 5.60 Å². The Morgan fingerprint density at radius 1 is 0.926 bits per heavy atom. The summed E-state index contributed by atoms with van der Waals surface area (Å²) in [5, 5.41) is 0. The summed E-state index contributed by atoms with van der Waals surface area (Å²) in [6.45, 7) is 6.22. The lowest BCUT2D eigenvalue weighted by molar-refractivity contribution is 0.0222. The Hall–Kier alpha value is -3.07. The van der Waals surface area contributed by atoms with E-state index in [1.165, 1.54) is 5.56 Å². The molecule has 0 fully saturated rings. The van der Waals surface area contributed by atoms with Crippen molar-refractivity contribution in [2.45, 2.75) is 32.8 Å². The largest absolute Gasteiger partial charge is 0.456 e. The fourth-order valence-corrected chi connectivity index (χ4v) is 4.48. The highest BCUT2D eigenvalue weighted by Gasteiger charge is 2.54. The van der Waals surface area contributed by atoms with E-state index in [1.807, 2.05) is 36.4 Å². The molecule has 0 bridgehead atoms. The normalized spacial score (nSPS) is 19.1. The highest BCUT2D eigenvalue weighted by molar-refractivity contribution is 5.97. The van der Waals surface area contributed by atoms with Gasteiger partial charge in [-0.05, 0) is 55.2 Å². The van der Waals surface area contributed by atoms with Crippen LogP contribution in [0.1, 0.15) is 50.7 Å². The second-order valence-electron chi connectivity index (χ2n) is 7.36. The van der Waals surface area contributed by atoms with E-state index in [-0.39, 0.29) is 5.97 Å². The van der Waals surface area contributed by atoms with Crippen molar-refractivity contribution < 1.29 is 14.3 Å². The number of fused-ring (bicyclic) bond motifs is 6. The first-order valence-electron chi connectivity index (χ1n) is 9.30.